The van der Waals surface area contributed by atoms with Crippen molar-refractivity contribution in [2.75, 3.05) is 0 Å². The Labute approximate surface area is 79.5 Å². The van der Waals surface area contributed by atoms with E-state index in [2.05, 4.69) is 30.6 Å². The number of carbonyl (C=O) groups is 1. The van der Waals surface area contributed by atoms with Crippen LogP contribution in [0.15, 0.2) is 24.3 Å². The highest BCUT2D eigenvalue weighted by molar-refractivity contribution is 5.96. The van der Waals surface area contributed by atoms with Gasteiger partial charge in [-0.15, -0.1) is 0 Å². The molecule has 0 aromatic rings. The van der Waals surface area contributed by atoms with E-state index in [-0.39, 0.29) is 5.78 Å². The molecule has 13 heavy (non-hydrogen) atoms. The normalized spacial score (nSPS) is 19.3. The molecular weight excluding hydrogens is 160 g/mol. The molecule has 1 nitrogen and oxygen atoms in total. The van der Waals surface area contributed by atoms with Crippen molar-refractivity contribution >= 4 is 5.78 Å². The van der Waals surface area contributed by atoms with Crippen molar-refractivity contribution in [1.82, 2.24) is 0 Å². The third kappa shape index (κ3) is 3.75. The fourth-order valence-corrected chi connectivity index (χ4v) is 1.33. The van der Waals surface area contributed by atoms with Gasteiger partial charge in [0.25, 0.3) is 0 Å². The van der Waals surface area contributed by atoms with Gasteiger partial charge < -0.3 is 0 Å². The molecule has 0 fully saturated rings. The van der Waals surface area contributed by atoms with Crippen LogP contribution in [0.4, 0.5) is 0 Å². The molecular formula is C12H14O. The van der Waals surface area contributed by atoms with Crippen LogP contribution in [0.5, 0.6) is 0 Å². The minimum Gasteiger partial charge on any atom is -0.285 e. The van der Waals surface area contributed by atoms with Crippen molar-refractivity contribution in [2.45, 2.75) is 26.2 Å². The summed E-state index contributed by atoms with van der Waals surface area (Å²) in [6, 6.07) is 0. The maximum absolute atomic E-state index is 11.3. The molecule has 0 bridgehead atoms. The van der Waals surface area contributed by atoms with Gasteiger partial charge in [0, 0.05) is 6.42 Å². The molecule has 1 atom stereocenters. The number of ketones is 1. The zero-order valence-electron chi connectivity index (χ0n) is 7.97. The number of hydrogen-bond donors (Lipinski definition) is 0. The van der Waals surface area contributed by atoms with Crippen molar-refractivity contribution in [3.05, 3.63) is 24.3 Å². The molecule has 0 N–H and O–H groups in total. The molecule has 68 valence electrons. The van der Waals surface area contributed by atoms with Crippen molar-refractivity contribution in [2.24, 2.45) is 5.92 Å². The van der Waals surface area contributed by atoms with E-state index < -0.39 is 0 Å². The average molecular weight is 174 g/mol. The van der Waals surface area contributed by atoms with Gasteiger partial charge >= 0.3 is 0 Å². The van der Waals surface area contributed by atoms with Crippen molar-refractivity contribution in [3.8, 4) is 11.8 Å². The Morgan fingerprint density at radius 2 is 2.38 bits per heavy atom. The second kappa shape index (κ2) is 4.67. The smallest absolute Gasteiger partial charge is 0.206 e. The van der Waals surface area contributed by atoms with Crippen LogP contribution in [0.25, 0.3) is 0 Å². The van der Waals surface area contributed by atoms with Crippen LogP contribution in [0.1, 0.15) is 26.2 Å². The molecule has 1 aliphatic carbocycles. The van der Waals surface area contributed by atoms with E-state index in [9.17, 15) is 4.79 Å². The molecule has 0 spiro atoms. The molecule has 0 aromatic carbocycles. The highest BCUT2D eigenvalue weighted by atomic mass is 16.1. The van der Waals surface area contributed by atoms with Crippen LogP contribution in [0.3, 0.4) is 0 Å². The fourth-order valence-electron chi connectivity index (χ4n) is 1.33. The van der Waals surface area contributed by atoms with E-state index in [0.29, 0.717) is 12.3 Å². The first-order chi connectivity index (χ1) is 6.18. The lowest BCUT2D eigenvalue weighted by atomic mass is 10.0. The molecule has 0 heterocycles. The van der Waals surface area contributed by atoms with Crippen LogP contribution >= 0.6 is 0 Å². The Kier molecular flexibility index (Phi) is 3.52. The molecule has 1 aliphatic rings. The van der Waals surface area contributed by atoms with Gasteiger partial charge in [-0.25, -0.2) is 0 Å². The molecule has 1 heteroatoms. The topological polar surface area (TPSA) is 17.1 Å². The van der Waals surface area contributed by atoms with Gasteiger partial charge in [-0.05, 0) is 37.2 Å². The number of rotatable bonds is 2. The quantitative estimate of drug-likeness (QED) is 0.357. The maximum atomic E-state index is 11.3. The molecule has 0 amide bonds. The first-order valence-corrected chi connectivity index (χ1v) is 4.55. The standard InChI is InChI=1S/C12H14O/c1-10(2)7-8-12(13)9-11-5-3-4-6-11/h3,5,11H,1,4,6,9H2,2H3. The predicted molar refractivity (Wildman–Crippen MR) is 54.1 cm³/mol. The van der Waals surface area contributed by atoms with Gasteiger partial charge in [0.05, 0.1) is 0 Å². The molecule has 1 rings (SSSR count). The Balaban J connectivity index is 2.38. The van der Waals surface area contributed by atoms with Crippen LogP contribution in [-0.2, 0) is 4.79 Å². The van der Waals surface area contributed by atoms with E-state index in [1.54, 1.807) is 6.92 Å². The van der Waals surface area contributed by atoms with Crippen LogP contribution < -0.4 is 0 Å². The van der Waals surface area contributed by atoms with Gasteiger partial charge in [-0.3, -0.25) is 4.79 Å². The average Bonchev–Trinajstić information content (AvgIpc) is 2.53. The minimum atomic E-state index is 0.0274. The first-order valence-electron chi connectivity index (χ1n) is 4.55. The summed E-state index contributed by atoms with van der Waals surface area (Å²) >= 11 is 0. The van der Waals surface area contributed by atoms with E-state index in [1.165, 1.54) is 0 Å². The second-order valence-corrected chi connectivity index (χ2v) is 3.42. The molecule has 0 saturated heterocycles. The third-order valence-corrected chi connectivity index (χ3v) is 1.98. The number of carbonyl (C=O) groups excluding carboxylic acids is 1. The fraction of sp³-hybridized carbons (Fsp3) is 0.417. The summed E-state index contributed by atoms with van der Waals surface area (Å²) in [7, 11) is 0. The van der Waals surface area contributed by atoms with Gasteiger partial charge in [-0.2, -0.15) is 0 Å². The molecule has 0 radical (unpaired) electrons. The Bertz CT molecular complexity index is 299. The van der Waals surface area contributed by atoms with Crippen molar-refractivity contribution in [3.63, 3.8) is 0 Å². The molecule has 0 aliphatic heterocycles. The minimum absolute atomic E-state index is 0.0274. The van der Waals surface area contributed by atoms with Gasteiger partial charge in [0.15, 0.2) is 0 Å². The lowest BCUT2D eigenvalue weighted by molar-refractivity contribution is -0.114. The highest BCUT2D eigenvalue weighted by Crippen LogP contribution is 2.20. The summed E-state index contributed by atoms with van der Waals surface area (Å²) in [6.07, 6.45) is 7.01. The first kappa shape index (κ1) is 9.80. The summed E-state index contributed by atoms with van der Waals surface area (Å²) in [4.78, 5) is 11.3. The summed E-state index contributed by atoms with van der Waals surface area (Å²) in [5.74, 6) is 5.74. The van der Waals surface area contributed by atoms with Gasteiger partial charge in [0.1, 0.15) is 0 Å². The van der Waals surface area contributed by atoms with Gasteiger partial charge in [-0.1, -0.05) is 24.7 Å². The predicted octanol–water partition coefficient (Wildman–Crippen LogP) is 2.49. The summed E-state index contributed by atoms with van der Waals surface area (Å²) in [6.45, 7) is 5.42. The van der Waals surface area contributed by atoms with Crippen LogP contribution in [0.2, 0.25) is 0 Å². The zero-order valence-corrected chi connectivity index (χ0v) is 7.97. The van der Waals surface area contributed by atoms with E-state index >= 15 is 0 Å². The van der Waals surface area contributed by atoms with E-state index in [4.69, 9.17) is 0 Å². The number of allylic oxidation sites excluding steroid dienone is 3. The summed E-state index contributed by atoms with van der Waals surface area (Å²) in [5.41, 5.74) is 0.746. The summed E-state index contributed by atoms with van der Waals surface area (Å²) in [5, 5.41) is 0. The van der Waals surface area contributed by atoms with E-state index in [1.807, 2.05) is 0 Å². The van der Waals surface area contributed by atoms with E-state index in [0.717, 1.165) is 18.4 Å². The van der Waals surface area contributed by atoms with Crippen LogP contribution in [-0.4, -0.2) is 5.78 Å². The monoisotopic (exact) mass is 174 g/mol. The number of Topliss-reactive ketones (excluding diaryl/α,β-unsaturated/α-hetero) is 1. The van der Waals surface area contributed by atoms with Gasteiger partial charge in [0.2, 0.25) is 5.78 Å². The lowest BCUT2D eigenvalue weighted by Crippen LogP contribution is -2.01. The van der Waals surface area contributed by atoms with Crippen molar-refractivity contribution in [1.29, 1.82) is 0 Å². The number of hydrogen-bond acceptors (Lipinski definition) is 1. The Morgan fingerprint density at radius 3 is 2.92 bits per heavy atom. The lowest BCUT2D eigenvalue weighted by Gasteiger charge is -2.00. The largest absolute Gasteiger partial charge is 0.285 e. The third-order valence-electron chi connectivity index (χ3n) is 1.98. The maximum Gasteiger partial charge on any atom is 0.206 e. The highest BCUT2D eigenvalue weighted by Gasteiger charge is 2.11. The SMILES string of the molecule is C=C(C)C#CC(=O)CC1C=CCC1. The Morgan fingerprint density at radius 1 is 1.62 bits per heavy atom. The summed E-state index contributed by atoms with van der Waals surface area (Å²) < 4.78 is 0. The Hall–Kier alpha value is -1.29. The van der Waals surface area contributed by atoms with Crippen LogP contribution in [0, 0.1) is 17.8 Å². The molecule has 0 aromatic heterocycles. The zero-order chi connectivity index (χ0) is 9.68. The second-order valence-electron chi connectivity index (χ2n) is 3.42. The van der Waals surface area contributed by atoms with Crippen molar-refractivity contribution < 1.29 is 4.79 Å². The molecule has 0 saturated carbocycles. The molecule has 1 unspecified atom stereocenters.